The molecule has 2 aromatic rings. The number of nitrogens with zero attached hydrogens (tertiary/aromatic N) is 2. The molecule has 30 heavy (non-hydrogen) atoms. The van der Waals surface area contributed by atoms with Crippen LogP contribution in [0, 0.1) is 11.6 Å². The topological polar surface area (TPSA) is 74.6 Å². The smallest absolute Gasteiger partial charge is 0.297 e. The van der Waals surface area contributed by atoms with Crippen LogP contribution >= 0.6 is 0 Å². The quantitative estimate of drug-likeness (QED) is 0.701. The Hall–Kier alpha value is -2.42. The standard InChI is InChI=1S/C21H29F2N3O4/c1-5-28-17-10-16(22)20-19(18(17)23)25-21(26(20)4)30-15-8-6-14(7-9-15)29-11-12(2)24-13(3)27/h10,12,14-15H,5-9,11H2,1-4H3,(H,24,27)/t12-,14?,15?/m0/s1. The van der Waals surface area contributed by atoms with Crippen molar-refractivity contribution in [1.29, 1.82) is 0 Å². The van der Waals surface area contributed by atoms with Crippen molar-refractivity contribution in [3.63, 3.8) is 0 Å². The summed E-state index contributed by atoms with van der Waals surface area (Å²) in [6, 6.07) is 1.18. The summed E-state index contributed by atoms with van der Waals surface area (Å²) in [6.07, 6.45) is 3.10. The molecule has 1 aromatic carbocycles. The Morgan fingerprint density at radius 3 is 2.60 bits per heavy atom. The van der Waals surface area contributed by atoms with E-state index >= 15 is 0 Å². The first-order chi connectivity index (χ1) is 14.3. The predicted molar refractivity (Wildman–Crippen MR) is 108 cm³/mol. The van der Waals surface area contributed by atoms with Crippen molar-refractivity contribution in [2.75, 3.05) is 13.2 Å². The van der Waals surface area contributed by atoms with Gasteiger partial charge in [-0.2, -0.15) is 4.98 Å². The molecule has 1 heterocycles. The van der Waals surface area contributed by atoms with Gasteiger partial charge < -0.3 is 19.5 Å². The van der Waals surface area contributed by atoms with E-state index in [1.807, 2.05) is 6.92 Å². The molecular weight excluding hydrogens is 396 g/mol. The molecule has 3 rings (SSSR count). The first kappa shape index (κ1) is 22.3. The van der Waals surface area contributed by atoms with E-state index in [1.165, 1.54) is 11.5 Å². The van der Waals surface area contributed by atoms with E-state index in [0.29, 0.717) is 6.61 Å². The molecule has 0 bridgehead atoms. The van der Waals surface area contributed by atoms with Crippen LogP contribution < -0.4 is 14.8 Å². The average molecular weight is 425 g/mol. The second kappa shape index (κ2) is 9.59. The number of hydrogen-bond acceptors (Lipinski definition) is 5. The number of carbonyl (C=O) groups is 1. The van der Waals surface area contributed by atoms with Crippen LogP contribution in [-0.4, -0.2) is 46.9 Å². The zero-order valence-corrected chi connectivity index (χ0v) is 17.8. The normalized spacial score (nSPS) is 20.2. The van der Waals surface area contributed by atoms with Gasteiger partial charge in [-0.05, 0) is 39.5 Å². The van der Waals surface area contributed by atoms with Crippen molar-refractivity contribution < 1.29 is 27.8 Å². The van der Waals surface area contributed by atoms with E-state index < -0.39 is 11.6 Å². The molecule has 1 fully saturated rings. The van der Waals surface area contributed by atoms with Crippen LogP contribution in [0.15, 0.2) is 6.07 Å². The lowest BCUT2D eigenvalue weighted by atomic mass is 9.95. The van der Waals surface area contributed by atoms with Gasteiger partial charge in [-0.15, -0.1) is 0 Å². The minimum atomic E-state index is -0.691. The molecule has 0 unspecified atom stereocenters. The Morgan fingerprint density at radius 1 is 1.30 bits per heavy atom. The van der Waals surface area contributed by atoms with Crippen LogP contribution in [0.5, 0.6) is 11.8 Å². The summed E-state index contributed by atoms with van der Waals surface area (Å²) in [4.78, 5) is 15.3. The van der Waals surface area contributed by atoms with Crippen molar-refractivity contribution in [1.82, 2.24) is 14.9 Å². The van der Waals surface area contributed by atoms with E-state index in [4.69, 9.17) is 14.2 Å². The molecule has 0 spiro atoms. The molecule has 7 nitrogen and oxygen atoms in total. The van der Waals surface area contributed by atoms with Gasteiger partial charge >= 0.3 is 0 Å². The molecular formula is C21H29F2N3O4. The van der Waals surface area contributed by atoms with Crippen LogP contribution in [0.2, 0.25) is 0 Å². The third kappa shape index (κ3) is 5.00. The zero-order valence-electron chi connectivity index (χ0n) is 17.8. The number of aromatic nitrogens is 2. The highest BCUT2D eigenvalue weighted by Gasteiger charge is 2.27. The Kier molecular flexibility index (Phi) is 7.12. The number of aryl methyl sites for hydroxylation is 1. The number of fused-ring (bicyclic) bond motifs is 1. The summed E-state index contributed by atoms with van der Waals surface area (Å²) in [6.45, 7) is 5.77. The van der Waals surface area contributed by atoms with Gasteiger partial charge in [0.1, 0.15) is 17.1 Å². The number of nitrogens with one attached hydrogen (secondary N) is 1. The summed E-state index contributed by atoms with van der Waals surface area (Å²) in [5.74, 6) is -1.53. The number of imidazole rings is 1. The third-order valence-corrected chi connectivity index (χ3v) is 5.19. The van der Waals surface area contributed by atoms with Gasteiger partial charge in [-0.25, -0.2) is 8.78 Å². The minimum absolute atomic E-state index is 0.0390. The lowest BCUT2D eigenvalue weighted by molar-refractivity contribution is -0.120. The van der Waals surface area contributed by atoms with Crippen LogP contribution in [0.3, 0.4) is 0 Å². The number of halogens is 2. The number of amides is 1. The highest BCUT2D eigenvalue weighted by Crippen LogP contribution is 2.33. The fraction of sp³-hybridized carbons (Fsp3) is 0.619. The molecule has 1 aromatic heterocycles. The third-order valence-electron chi connectivity index (χ3n) is 5.19. The lowest BCUT2D eigenvalue weighted by Gasteiger charge is -2.29. The maximum Gasteiger partial charge on any atom is 0.297 e. The Balaban J connectivity index is 1.61. The summed E-state index contributed by atoms with van der Waals surface area (Å²) < 4.78 is 47.5. The lowest BCUT2D eigenvalue weighted by Crippen LogP contribution is -2.37. The fourth-order valence-electron chi connectivity index (χ4n) is 3.77. The second-order valence-corrected chi connectivity index (χ2v) is 7.71. The molecule has 0 saturated heterocycles. The van der Waals surface area contributed by atoms with Gasteiger partial charge in [0.05, 0.1) is 19.3 Å². The SMILES string of the molecule is CCOc1cc(F)c2c(nc(OC3CCC(OC[C@H](C)NC(C)=O)CC3)n2C)c1F. The Bertz CT molecular complexity index is 894. The van der Waals surface area contributed by atoms with Crippen molar-refractivity contribution in [2.45, 2.75) is 64.7 Å². The minimum Gasteiger partial charge on any atom is -0.491 e. The van der Waals surface area contributed by atoms with Gasteiger partial charge in [-0.1, -0.05) is 0 Å². The van der Waals surface area contributed by atoms with E-state index in [9.17, 15) is 13.6 Å². The van der Waals surface area contributed by atoms with Gasteiger partial charge in [-0.3, -0.25) is 9.36 Å². The molecule has 1 atom stereocenters. The van der Waals surface area contributed by atoms with Gasteiger partial charge in [0.15, 0.2) is 17.4 Å². The second-order valence-electron chi connectivity index (χ2n) is 7.71. The number of ether oxygens (including phenoxy) is 3. The van der Waals surface area contributed by atoms with Crippen molar-refractivity contribution in [3.05, 3.63) is 17.7 Å². The first-order valence-corrected chi connectivity index (χ1v) is 10.3. The molecule has 1 amide bonds. The molecule has 9 heteroatoms. The van der Waals surface area contributed by atoms with Gasteiger partial charge in [0, 0.05) is 26.1 Å². The predicted octanol–water partition coefficient (Wildman–Crippen LogP) is 3.48. The van der Waals surface area contributed by atoms with E-state index in [0.717, 1.165) is 31.7 Å². The molecule has 1 N–H and O–H groups in total. The van der Waals surface area contributed by atoms with Crippen molar-refractivity contribution in [3.8, 4) is 11.8 Å². The number of hydrogen-bond donors (Lipinski definition) is 1. The Morgan fingerprint density at radius 2 is 1.97 bits per heavy atom. The van der Waals surface area contributed by atoms with Crippen LogP contribution in [0.1, 0.15) is 46.5 Å². The molecule has 1 aliphatic rings. The van der Waals surface area contributed by atoms with Crippen LogP contribution in [0.4, 0.5) is 8.78 Å². The number of carbonyl (C=O) groups excluding carboxylic acids is 1. The van der Waals surface area contributed by atoms with Gasteiger partial charge in [0.2, 0.25) is 5.91 Å². The molecule has 0 radical (unpaired) electrons. The average Bonchev–Trinajstić information content (AvgIpc) is 3.02. The summed E-state index contributed by atoms with van der Waals surface area (Å²) in [5.41, 5.74) is -0.0464. The number of rotatable bonds is 8. The number of benzene rings is 1. The largest absolute Gasteiger partial charge is 0.491 e. The van der Waals surface area contributed by atoms with Crippen LogP contribution in [-0.2, 0) is 16.6 Å². The maximum atomic E-state index is 14.6. The van der Waals surface area contributed by atoms with Crippen molar-refractivity contribution in [2.24, 2.45) is 7.05 Å². The van der Waals surface area contributed by atoms with E-state index in [1.54, 1.807) is 14.0 Å². The maximum absolute atomic E-state index is 14.6. The van der Waals surface area contributed by atoms with E-state index in [2.05, 4.69) is 10.3 Å². The molecule has 0 aliphatic heterocycles. The summed E-state index contributed by atoms with van der Waals surface area (Å²) in [7, 11) is 1.60. The fourth-order valence-corrected chi connectivity index (χ4v) is 3.77. The van der Waals surface area contributed by atoms with Crippen molar-refractivity contribution >= 4 is 16.9 Å². The monoisotopic (exact) mass is 425 g/mol. The van der Waals surface area contributed by atoms with Gasteiger partial charge in [0.25, 0.3) is 6.01 Å². The summed E-state index contributed by atoms with van der Waals surface area (Å²) >= 11 is 0. The molecule has 1 aliphatic carbocycles. The summed E-state index contributed by atoms with van der Waals surface area (Å²) in [5, 5.41) is 2.79. The molecule has 166 valence electrons. The Labute approximate surface area is 174 Å². The zero-order chi connectivity index (χ0) is 21.8. The highest BCUT2D eigenvalue weighted by molar-refractivity contribution is 5.80. The van der Waals surface area contributed by atoms with Crippen LogP contribution in [0.25, 0.3) is 11.0 Å². The van der Waals surface area contributed by atoms with E-state index in [-0.39, 0.29) is 53.6 Å². The first-order valence-electron chi connectivity index (χ1n) is 10.3. The molecule has 1 saturated carbocycles. The highest BCUT2D eigenvalue weighted by atomic mass is 19.1.